The van der Waals surface area contributed by atoms with Crippen molar-refractivity contribution in [2.75, 3.05) is 20.8 Å². The molecule has 0 atom stereocenters. The zero-order valence-electron chi connectivity index (χ0n) is 12.7. The summed E-state index contributed by atoms with van der Waals surface area (Å²) in [7, 11) is 3.27. The molecule has 2 aromatic rings. The third kappa shape index (κ3) is 4.16. The van der Waals surface area contributed by atoms with Gasteiger partial charge in [-0.25, -0.2) is 9.97 Å². The van der Waals surface area contributed by atoms with Gasteiger partial charge in [-0.1, -0.05) is 25.1 Å². The predicted molar refractivity (Wildman–Crippen MR) is 81.4 cm³/mol. The third-order valence-electron chi connectivity index (χ3n) is 3.30. The first-order valence-electron chi connectivity index (χ1n) is 6.96. The second-order valence-corrected chi connectivity index (χ2v) is 4.69. The summed E-state index contributed by atoms with van der Waals surface area (Å²) < 4.78 is 10.4. The minimum atomic E-state index is 0.395. The van der Waals surface area contributed by atoms with Crippen LogP contribution in [0.15, 0.2) is 36.7 Å². The molecule has 0 saturated carbocycles. The van der Waals surface area contributed by atoms with E-state index in [1.165, 1.54) is 5.56 Å². The number of ether oxygens (including phenoxy) is 2. The highest BCUT2D eigenvalue weighted by Crippen LogP contribution is 2.20. The molecular weight excluding hydrogens is 266 g/mol. The van der Waals surface area contributed by atoms with E-state index < -0.39 is 0 Å². The van der Waals surface area contributed by atoms with Gasteiger partial charge in [0.1, 0.15) is 5.75 Å². The van der Waals surface area contributed by atoms with E-state index in [9.17, 15) is 0 Å². The largest absolute Gasteiger partial charge is 0.496 e. The average Bonchev–Trinajstić information content (AvgIpc) is 2.55. The monoisotopic (exact) mass is 287 g/mol. The minimum Gasteiger partial charge on any atom is -0.496 e. The molecule has 0 unspecified atom stereocenters. The summed E-state index contributed by atoms with van der Waals surface area (Å²) in [6.45, 7) is 4.69. The number of rotatable bonds is 7. The Morgan fingerprint density at radius 3 is 2.33 bits per heavy atom. The van der Waals surface area contributed by atoms with Gasteiger partial charge in [0.15, 0.2) is 0 Å². The molecule has 1 heterocycles. The normalized spacial score (nSPS) is 10.7. The number of hydrogen-bond acceptors (Lipinski definition) is 5. The van der Waals surface area contributed by atoms with Crippen molar-refractivity contribution in [2.45, 2.75) is 20.0 Å². The Labute approximate surface area is 125 Å². The van der Waals surface area contributed by atoms with Gasteiger partial charge in [0, 0.05) is 36.6 Å². The first-order chi connectivity index (χ1) is 10.3. The zero-order valence-corrected chi connectivity index (χ0v) is 12.7. The quantitative estimate of drug-likeness (QED) is 0.783. The van der Waals surface area contributed by atoms with Gasteiger partial charge in [-0.3, -0.25) is 4.90 Å². The summed E-state index contributed by atoms with van der Waals surface area (Å²) in [6.07, 6.45) is 3.60. The van der Waals surface area contributed by atoms with E-state index in [2.05, 4.69) is 27.9 Å². The van der Waals surface area contributed by atoms with Crippen molar-refractivity contribution in [3.63, 3.8) is 0 Å². The fourth-order valence-electron chi connectivity index (χ4n) is 2.14. The summed E-state index contributed by atoms with van der Waals surface area (Å²) in [6, 6.07) is 8.48. The van der Waals surface area contributed by atoms with Gasteiger partial charge in [-0.15, -0.1) is 0 Å². The number of para-hydroxylation sites is 1. The molecule has 5 heteroatoms. The lowest BCUT2D eigenvalue weighted by Crippen LogP contribution is -2.22. The van der Waals surface area contributed by atoms with Crippen LogP contribution in [0.25, 0.3) is 0 Å². The maximum absolute atomic E-state index is 5.40. The zero-order chi connectivity index (χ0) is 15.1. The fourth-order valence-corrected chi connectivity index (χ4v) is 2.14. The topological polar surface area (TPSA) is 47.5 Å². The SMILES string of the molecule is CCN(Cc1cnc(OC)nc1)Cc1ccccc1OC. The second-order valence-electron chi connectivity index (χ2n) is 4.69. The van der Waals surface area contributed by atoms with Gasteiger partial charge < -0.3 is 9.47 Å². The molecule has 0 bridgehead atoms. The van der Waals surface area contributed by atoms with E-state index in [0.29, 0.717) is 6.01 Å². The fraction of sp³-hybridized carbons (Fsp3) is 0.375. The Hall–Kier alpha value is -2.14. The van der Waals surface area contributed by atoms with Crippen LogP contribution in [0, 0.1) is 0 Å². The van der Waals surface area contributed by atoms with Crippen molar-refractivity contribution in [1.29, 1.82) is 0 Å². The first kappa shape index (κ1) is 15.3. The van der Waals surface area contributed by atoms with Crippen LogP contribution in [0.5, 0.6) is 11.8 Å². The number of methoxy groups -OCH3 is 2. The molecule has 0 saturated heterocycles. The summed E-state index contributed by atoms with van der Waals surface area (Å²) in [5, 5.41) is 0. The molecule has 1 aromatic heterocycles. The van der Waals surface area contributed by atoms with Gasteiger partial charge in [-0.2, -0.15) is 0 Å². The van der Waals surface area contributed by atoms with E-state index in [1.54, 1.807) is 26.6 Å². The highest BCUT2D eigenvalue weighted by Gasteiger charge is 2.09. The van der Waals surface area contributed by atoms with Crippen molar-refractivity contribution < 1.29 is 9.47 Å². The van der Waals surface area contributed by atoms with Crippen molar-refractivity contribution in [2.24, 2.45) is 0 Å². The molecule has 112 valence electrons. The predicted octanol–water partition coefficient (Wildman–Crippen LogP) is 2.52. The van der Waals surface area contributed by atoms with Gasteiger partial charge in [-0.05, 0) is 12.6 Å². The molecule has 5 nitrogen and oxygen atoms in total. The molecule has 0 aliphatic heterocycles. The van der Waals surface area contributed by atoms with E-state index in [0.717, 1.165) is 30.9 Å². The second kappa shape index (κ2) is 7.59. The van der Waals surface area contributed by atoms with Crippen LogP contribution in [0.4, 0.5) is 0 Å². The lowest BCUT2D eigenvalue weighted by Gasteiger charge is -2.21. The molecule has 0 spiro atoms. The molecule has 0 fully saturated rings. The third-order valence-corrected chi connectivity index (χ3v) is 3.30. The minimum absolute atomic E-state index is 0.395. The summed E-state index contributed by atoms with van der Waals surface area (Å²) >= 11 is 0. The summed E-state index contributed by atoms with van der Waals surface area (Å²) in [5.41, 5.74) is 2.24. The van der Waals surface area contributed by atoms with Gasteiger partial charge >= 0.3 is 6.01 Å². The van der Waals surface area contributed by atoms with E-state index >= 15 is 0 Å². The molecule has 2 rings (SSSR count). The Bertz CT molecular complexity index is 558. The molecule has 0 aliphatic carbocycles. The average molecular weight is 287 g/mol. The highest BCUT2D eigenvalue weighted by atomic mass is 16.5. The number of nitrogens with zero attached hydrogens (tertiary/aromatic N) is 3. The maximum atomic E-state index is 5.40. The molecule has 0 N–H and O–H groups in total. The molecule has 21 heavy (non-hydrogen) atoms. The molecular formula is C16H21N3O2. The van der Waals surface area contributed by atoms with Crippen molar-refractivity contribution in [1.82, 2.24) is 14.9 Å². The summed E-state index contributed by atoms with van der Waals surface area (Å²) in [4.78, 5) is 10.6. The Morgan fingerprint density at radius 1 is 1.00 bits per heavy atom. The lowest BCUT2D eigenvalue weighted by atomic mass is 10.1. The van der Waals surface area contributed by atoms with Gasteiger partial charge in [0.05, 0.1) is 14.2 Å². The molecule has 0 radical (unpaired) electrons. The van der Waals surface area contributed by atoms with Crippen LogP contribution in [0.3, 0.4) is 0 Å². The van der Waals surface area contributed by atoms with Gasteiger partial charge in [0.25, 0.3) is 0 Å². The smallest absolute Gasteiger partial charge is 0.316 e. The van der Waals surface area contributed by atoms with E-state index in [4.69, 9.17) is 9.47 Å². The van der Waals surface area contributed by atoms with Crippen molar-refractivity contribution in [3.05, 3.63) is 47.8 Å². The highest BCUT2D eigenvalue weighted by molar-refractivity contribution is 5.33. The van der Waals surface area contributed by atoms with Crippen molar-refractivity contribution in [3.8, 4) is 11.8 Å². The van der Waals surface area contributed by atoms with Crippen molar-refractivity contribution >= 4 is 0 Å². The van der Waals surface area contributed by atoms with Crippen LogP contribution < -0.4 is 9.47 Å². The molecule has 0 amide bonds. The maximum Gasteiger partial charge on any atom is 0.316 e. The molecule has 1 aromatic carbocycles. The first-order valence-corrected chi connectivity index (χ1v) is 6.96. The standard InChI is InChI=1S/C16H21N3O2/c1-4-19(11-13-9-17-16(21-3)18-10-13)12-14-7-5-6-8-15(14)20-2/h5-10H,4,11-12H2,1-3H3. The van der Waals surface area contributed by atoms with E-state index in [1.807, 2.05) is 18.2 Å². The molecule has 0 aliphatic rings. The lowest BCUT2D eigenvalue weighted by molar-refractivity contribution is 0.265. The van der Waals surface area contributed by atoms with E-state index in [-0.39, 0.29) is 0 Å². The Balaban J connectivity index is 2.05. The van der Waals surface area contributed by atoms with Crippen LogP contribution in [0.1, 0.15) is 18.1 Å². The van der Waals surface area contributed by atoms with Crippen LogP contribution in [-0.4, -0.2) is 35.6 Å². The number of aromatic nitrogens is 2. The number of benzene rings is 1. The summed E-state index contributed by atoms with van der Waals surface area (Å²) in [5.74, 6) is 0.918. The van der Waals surface area contributed by atoms with Gasteiger partial charge in [0.2, 0.25) is 0 Å². The Morgan fingerprint density at radius 2 is 1.71 bits per heavy atom. The van der Waals surface area contributed by atoms with Crippen LogP contribution >= 0.6 is 0 Å². The Kier molecular flexibility index (Phi) is 5.51. The number of hydrogen-bond donors (Lipinski definition) is 0. The van der Waals surface area contributed by atoms with Crippen LogP contribution in [-0.2, 0) is 13.1 Å². The van der Waals surface area contributed by atoms with Crippen LogP contribution in [0.2, 0.25) is 0 Å².